The van der Waals surface area contributed by atoms with Crippen LogP contribution < -0.4 is 15.8 Å². The molecule has 0 aliphatic rings. The SMILES string of the molecule is CN(C)c1ccc(NC(=O)c2oc(=O)c3ccccc3c2-c2ccccc2)cc1. The zero-order chi connectivity index (χ0) is 20.4. The topological polar surface area (TPSA) is 62.6 Å². The van der Waals surface area contributed by atoms with Crippen LogP contribution in [0.2, 0.25) is 0 Å². The highest BCUT2D eigenvalue weighted by Gasteiger charge is 2.21. The van der Waals surface area contributed by atoms with E-state index in [0.29, 0.717) is 22.0 Å². The van der Waals surface area contributed by atoms with Crippen LogP contribution in [-0.4, -0.2) is 20.0 Å². The van der Waals surface area contributed by atoms with Crippen LogP contribution in [0.1, 0.15) is 10.6 Å². The highest BCUT2D eigenvalue weighted by atomic mass is 16.4. The van der Waals surface area contributed by atoms with Crippen LogP contribution >= 0.6 is 0 Å². The molecule has 0 atom stereocenters. The van der Waals surface area contributed by atoms with Crippen LogP contribution in [-0.2, 0) is 0 Å². The molecule has 0 spiro atoms. The molecular weight excluding hydrogens is 364 g/mol. The lowest BCUT2D eigenvalue weighted by molar-refractivity contribution is 0.0994. The van der Waals surface area contributed by atoms with Crippen molar-refractivity contribution in [1.29, 1.82) is 0 Å². The Morgan fingerprint density at radius 3 is 2.10 bits per heavy atom. The molecule has 29 heavy (non-hydrogen) atoms. The van der Waals surface area contributed by atoms with Crippen LogP contribution in [0, 0.1) is 0 Å². The second kappa shape index (κ2) is 7.64. The number of hydrogen-bond donors (Lipinski definition) is 1. The van der Waals surface area contributed by atoms with Crippen molar-refractivity contribution in [2.75, 3.05) is 24.3 Å². The number of rotatable bonds is 4. The van der Waals surface area contributed by atoms with Crippen molar-refractivity contribution in [2.24, 2.45) is 0 Å². The number of nitrogens with zero attached hydrogens (tertiary/aromatic N) is 1. The zero-order valence-corrected chi connectivity index (χ0v) is 16.2. The second-order valence-corrected chi connectivity index (χ2v) is 6.90. The minimum atomic E-state index is -0.534. The van der Waals surface area contributed by atoms with E-state index in [-0.39, 0.29) is 5.76 Å². The van der Waals surface area contributed by atoms with Gasteiger partial charge in [0.25, 0.3) is 5.91 Å². The third-order valence-electron chi connectivity index (χ3n) is 4.75. The molecule has 0 radical (unpaired) electrons. The molecule has 5 nitrogen and oxygen atoms in total. The summed E-state index contributed by atoms with van der Waals surface area (Å²) in [6.07, 6.45) is 0. The fraction of sp³-hybridized carbons (Fsp3) is 0.0833. The Morgan fingerprint density at radius 1 is 0.828 bits per heavy atom. The van der Waals surface area contributed by atoms with Gasteiger partial charge in [-0.3, -0.25) is 4.79 Å². The van der Waals surface area contributed by atoms with E-state index >= 15 is 0 Å². The molecule has 144 valence electrons. The molecule has 4 aromatic rings. The van der Waals surface area contributed by atoms with Gasteiger partial charge in [0.05, 0.1) is 5.39 Å². The van der Waals surface area contributed by atoms with Crippen LogP contribution in [0.25, 0.3) is 21.9 Å². The van der Waals surface area contributed by atoms with Gasteiger partial charge in [-0.25, -0.2) is 4.79 Å². The lowest BCUT2D eigenvalue weighted by Gasteiger charge is -2.14. The van der Waals surface area contributed by atoms with E-state index in [1.54, 1.807) is 12.1 Å². The van der Waals surface area contributed by atoms with Crippen molar-refractivity contribution in [3.05, 3.63) is 95.0 Å². The van der Waals surface area contributed by atoms with Gasteiger partial charge in [-0.2, -0.15) is 0 Å². The number of nitrogens with one attached hydrogen (secondary N) is 1. The third-order valence-corrected chi connectivity index (χ3v) is 4.75. The summed E-state index contributed by atoms with van der Waals surface area (Å²) in [6.45, 7) is 0. The summed E-state index contributed by atoms with van der Waals surface area (Å²) in [5, 5.41) is 3.96. The van der Waals surface area contributed by atoms with E-state index in [0.717, 1.165) is 11.3 Å². The van der Waals surface area contributed by atoms with Crippen LogP contribution in [0.5, 0.6) is 0 Å². The van der Waals surface area contributed by atoms with Crippen molar-refractivity contribution in [2.45, 2.75) is 0 Å². The second-order valence-electron chi connectivity index (χ2n) is 6.90. The largest absolute Gasteiger partial charge is 0.416 e. The highest BCUT2D eigenvalue weighted by molar-refractivity contribution is 6.11. The van der Waals surface area contributed by atoms with Crippen molar-refractivity contribution in [3.63, 3.8) is 0 Å². The summed E-state index contributed by atoms with van der Waals surface area (Å²) in [5.74, 6) is -0.471. The molecular formula is C24H20N2O3. The number of carbonyl (C=O) groups is 1. The maximum absolute atomic E-state index is 13.1. The predicted octanol–water partition coefficient (Wildman–Crippen LogP) is 4.78. The third kappa shape index (κ3) is 3.62. The lowest BCUT2D eigenvalue weighted by Crippen LogP contribution is -2.17. The number of anilines is 2. The fourth-order valence-electron chi connectivity index (χ4n) is 3.28. The van der Waals surface area contributed by atoms with E-state index in [1.807, 2.05) is 85.7 Å². The average molecular weight is 384 g/mol. The Balaban J connectivity index is 1.82. The van der Waals surface area contributed by atoms with E-state index in [1.165, 1.54) is 0 Å². The van der Waals surface area contributed by atoms with Gasteiger partial charge in [0.1, 0.15) is 0 Å². The summed E-state index contributed by atoms with van der Waals surface area (Å²) in [5.41, 5.74) is 2.51. The average Bonchev–Trinajstić information content (AvgIpc) is 2.74. The smallest absolute Gasteiger partial charge is 0.344 e. The predicted molar refractivity (Wildman–Crippen MR) is 117 cm³/mol. The first-order chi connectivity index (χ1) is 14.0. The monoisotopic (exact) mass is 384 g/mol. The zero-order valence-electron chi connectivity index (χ0n) is 16.2. The van der Waals surface area contributed by atoms with Crippen LogP contribution in [0.3, 0.4) is 0 Å². The minimum Gasteiger partial charge on any atom is -0.416 e. The van der Waals surface area contributed by atoms with E-state index in [4.69, 9.17) is 4.42 Å². The van der Waals surface area contributed by atoms with Crippen molar-refractivity contribution in [3.8, 4) is 11.1 Å². The van der Waals surface area contributed by atoms with Crippen LogP contribution in [0.4, 0.5) is 11.4 Å². The summed E-state index contributed by atoms with van der Waals surface area (Å²) < 4.78 is 5.50. The van der Waals surface area contributed by atoms with Gasteiger partial charge < -0.3 is 14.6 Å². The normalized spacial score (nSPS) is 10.7. The van der Waals surface area contributed by atoms with Gasteiger partial charge in [0.2, 0.25) is 5.76 Å². The summed E-state index contributed by atoms with van der Waals surface area (Å²) in [6, 6.07) is 24.1. The Morgan fingerprint density at radius 2 is 1.45 bits per heavy atom. The number of hydrogen-bond acceptors (Lipinski definition) is 4. The van der Waals surface area contributed by atoms with Crippen molar-refractivity contribution in [1.82, 2.24) is 0 Å². The van der Waals surface area contributed by atoms with Crippen molar-refractivity contribution >= 4 is 28.1 Å². The van der Waals surface area contributed by atoms with Gasteiger partial charge in [-0.1, -0.05) is 48.5 Å². The van der Waals surface area contributed by atoms with Crippen LogP contribution in [0.15, 0.2) is 88.1 Å². The maximum Gasteiger partial charge on any atom is 0.344 e. The summed E-state index contributed by atoms with van der Waals surface area (Å²) >= 11 is 0. The minimum absolute atomic E-state index is 0.00316. The Bertz CT molecular complexity index is 1230. The van der Waals surface area contributed by atoms with E-state index in [2.05, 4.69) is 5.32 Å². The Labute approximate surface area is 168 Å². The molecule has 0 aliphatic carbocycles. The standard InChI is InChI=1S/C24H20N2O3/c1-26(2)18-14-12-17(13-15-18)25-23(27)22-21(16-8-4-3-5-9-16)19-10-6-7-11-20(19)24(28)29-22/h3-15H,1-2H3,(H,25,27). The molecule has 1 N–H and O–H groups in total. The number of amides is 1. The lowest BCUT2D eigenvalue weighted by atomic mass is 9.98. The van der Waals surface area contributed by atoms with E-state index < -0.39 is 11.5 Å². The Kier molecular flexibility index (Phi) is 4.87. The first-order valence-corrected chi connectivity index (χ1v) is 9.24. The summed E-state index contributed by atoms with van der Waals surface area (Å²) in [4.78, 5) is 27.5. The number of fused-ring (bicyclic) bond motifs is 1. The molecule has 3 aromatic carbocycles. The molecule has 0 saturated carbocycles. The molecule has 1 heterocycles. The number of benzene rings is 3. The number of carbonyl (C=O) groups excluding carboxylic acids is 1. The fourth-order valence-corrected chi connectivity index (χ4v) is 3.28. The molecule has 1 amide bonds. The quantitative estimate of drug-likeness (QED) is 0.550. The molecule has 0 fully saturated rings. The molecule has 0 bridgehead atoms. The molecule has 5 heteroatoms. The molecule has 0 aliphatic heterocycles. The first kappa shape index (κ1) is 18.5. The Hall–Kier alpha value is -3.86. The van der Waals surface area contributed by atoms with E-state index in [9.17, 15) is 9.59 Å². The van der Waals surface area contributed by atoms with Crippen molar-refractivity contribution < 1.29 is 9.21 Å². The first-order valence-electron chi connectivity index (χ1n) is 9.24. The molecule has 4 rings (SSSR count). The molecule has 0 unspecified atom stereocenters. The van der Waals surface area contributed by atoms with Gasteiger partial charge in [-0.05, 0) is 35.9 Å². The van der Waals surface area contributed by atoms with Gasteiger partial charge in [0.15, 0.2) is 0 Å². The van der Waals surface area contributed by atoms with Gasteiger partial charge >= 0.3 is 5.63 Å². The highest BCUT2D eigenvalue weighted by Crippen LogP contribution is 2.31. The molecule has 0 saturated heterocycles. The molecule has 1 aromatic heterocycles. The van der Waals surface area contributed by atoms with Gasteiger partial charge in [-0.15, -0.1) is 0 Å². The van der Waals surface area contributed by atoms with Gasteiger partial charge in [0, 0.05) is 36.4 Å². The maximum atomic E-state index is 13.1. The summed E-state index contributed by atoms with van der Waals surface area (Å²) in [7, 11) is 3.90.